The van der Waals surface area contributed by atoms with Gasteiger partial charge in [-0.25, -0.2) is 4.79 Å². The first-order valence-corrected chi connectivity index (χ1v) is 23.4. The molecule has 0 aliphatic heterocycles. The van der Waals surface area contributed by atoms with Gasteiger partial charge in [-0.2, -0.15) is 0 Å². The van der Waals surface area contributed by atoms with E-state index in [2.05, 4.69) is 38.2 Å². The topological polar surface area (TPSA) is 99.1 Å². The lowest BCUT2D eigenvalue weighted by Gasteiger charge is -2.31. The summed E-state index contributed by atoms with van der Waals surface area (Å²) in [6.07, 6.45) is 43.8. The Hall–Kier alpha value is -2.19. The molecule has 0 bridgehead atoms. The van der Waals surface area contributed by atoms with E-state index in [-0.39, 0.29) is 36.2 Å². The summed E-state index contributed by atoms with van der Waals surface area (Å²) in [6, 6.07) is -0.612. The predicted octanol–water partition coefficient (Wildman–Crippen LogP) is 12.9. The molecule has 0 aliphatic carbocycles. The van der Waals surface area contributed by atoms with Gasteiger partial charge in [-0.1, -0.05) is 173 Å². The number of allylic oxidation sites excluding steroid dienone is 4. The van der Waals surface area contributed by atoms with Gasteiger partial charge < -0.3 is 23.8 Å². The van der Waals surface area contributed by atoms with E-state index in [1.165, 1.54) is 128 Å². The summed E-state index contributed by atoms with van der Waals surface area (Å²) in [4.78, 5) is 36.9. The van der Waals surface area contributed by atoms with E-state index in [1.54, 1.807) is 0 Å². The standard InChI is InChI=1S/C48H89NO7/c1-6-8-10-12-14-16-17-18-19-20-21-22-23-24-25-26-27-28-29-31-32-34-36-38-46(50)55-43-44(42-54-41-40-45(48(52)53)49(3,4)5)56-47(51)39-37-35-33-30-15-13-11-9-7-2/h21-22,24-25,44-45H,6-20,23,26-43H2,1-5H3/p+1/b22-21+,25-24+. The lowest BCUT2D eigenvalue weighted by Crippen LogP contribution is -2.50. The molecule has 328 valence electrons. The molecule has 0 fully saturated rings. The quantitative estimate of drug-likeness (QED) is 0.0284. The fourth-order valence-corrected chi connectivity index (χ4v) is 6.95. The first kappa shape index (κ1) is 53.8. The van der Waals surface area contributed by atoms with Crippen LogP contribution in [0.3, 0.4) is 0 Å². The summed E-state index contributed by atoms with van der Waals surface area (Å²) < 4.78 is 17.2. The van der Waals surface area contributed by atoms with Crippen LogP contribution in [0.15, 0.2) is 24.3 Å². The smallest absolute Gasteiger partial charge is 0.362 e. The molecule has 0 aliphatic rings. The molecular weight excluding hydrogens is 703 g/mol. The molecule has 0 aromatic carbocycles. The normalized spacial score (nSPS) is 13.1. The van der Waals surface area contributed by atoms with E-state index in [0.717, 1.165) is 51.4 Å². The Labute approximate surface area is 345 Å². The predicted molar refractivity (Wildman–Crippen MR) is 234 cm³/mol. The van der Waals surface area contributed by atoms with Crippen molar-refractivity contribution in [3.8, 4) is 0 Å². The van der Waals surface area contributed by atoms with Crippen molar-refractivity contribution in [1.82, 2.24) is 0 Å². The van der Waals surface area contributed by atoms with Crippen LogP contribution in [0.4, 0.5) is 0 Å². The van der Waals surface area contributed by atoms with Crippen LogP contribution in [0.1, 0.15) is 213 Å². The molecule has 0 rings (SSSR count). The Balaban J connectivity index is 4.16. The maximum Gasteiger partial charge on any atom is 0.362 e. The average Bonchev–Trinajstić information content (AvgIpc) is 3.15. The largest absolute Gasteiger partial charge is 0.477 e. The van der Waals surface area contributed by atoms with Crippen molar-refractivity contribution in [2.24, 2.45) is 0 Å². The van der Waals surface area contributed by atoms with Gasteiger partial charge in [0.1, 0.15) is 6.61 Å². The molecule has 0 saturated carbocycles. The molecule has 0 aromatic heterocycles. The molecule has 0 amide bonds. The SMILES string of the molecule is CCCCCCCCCCC/C=C/C/C=C/CCCCCCCCCC(=O)OCC(COCCC(C(=O)O)[N+](C)(C)C)OC(=O)CCCCCCCCCCC. The number of quaternary nitrogens is 1. The molecule has 0 spiro atoms. The van der Waals surface area contributed by atoms with Crippen molar-refractivity contribution >= 4 is 17.9 Å². The minimum atomic E-state index is -0.875. The Kier molecular flexibility index (Phi) is 38.1. The van der Waals surface area contributed by atoms with Gasteiger partial charge in [-0.15, -0.1) is 0 Å². The molecule has 8 nitrogen and oxygen atoms in total. The van der Waals surface area contributed by atoms with Crippen LogP contribution in [0.25, 0.3) is 0 Å². The van der Waals surface area contributed by atoms with Crippen LogP contribution < -0.4 is 0 Å². The molecule has 0 saturated heterocycles. The van der Waals surface area contributed by atoms with Crippen LogP contribution >= 0.6 is 0 Å². The summed E-state index contributed by atoms with van der Waals surface area (Å²) in [6.45, 7) is 4.72. The van der Waals surface area contributed by atoms with Gasteiger partial charge in [0.05, 0.1) is 34.4 Å². The zero-order valence-corrected chi connectivity index (χ0v) is 37.3. The Morgan fingerprint density at radius 3 is 1.38 bits per heavy atom. The van der Waals surface area contributed by atoms with Crippen molar-refractivity contribution in [2.45, 2.75) is 225 Å². The molecule has 0 heterocycles. The number of rotatable bonds is 42. The summed E-state index contributed by atoms with van der Waals surface area (Å²) in [5, 5.41) is 9.60. The number of carboxylic acid groups (broad SMARTS) is 1. The molecule has 0 radical (unpaired) electrons. The van der Waals surface area contributed by atoms with Gasteiger partial charge in [-0.05, 0) is 44.9 Å². The number of carbonyl (C=O) groups is 3. The number of esters is 2. The summed E-state index contributed by atoms with van der Waals surface area (Å²) in [5.74, 6) is -1.47. The number of carboxylic acids is 1. The first-order chi connectivity index (χ1) is 27.1. The third-order valence-electron chi connectivity index (χ3n) is 10.6. The van der Waals surface area contributed by atoms with Gasteiger partial charge in [0.15, 0.2) is 12.1 Å². The number of hydrogen-bond donors (Lipinski definition) is 1. The Bertz CT molecular complexity index is 973. The van der Waals surface area contributed by atoms with Crippen LogP contribution in [-0.4, -0.2) is 80.6 Å². The van der Waals surface area contributed by atoms with Crippen molar-refractivity contribution in [3.63, 3.8) is 0 Å². The van der Waals surface area contributed by atoms with Gasteiger partial charge >= 0.3 is 17.9 Å². The van der Waals surface area contributed by atoms with E-state index in [0.29, 0.717) is 19.3 Å². The van der Waals surface area contributed by atoms with Crippen molar-refractivity contribution in [3.05, 3.63) is 24.3 Å². The lowest BCUT2D eigenvalue weighted by molar-refractivity contribution is -0.887. The van der Waals surface area contributed by atoms with E-state index in [4.69, 9.17) is 14.2 Å². The average molecular weight is 793 g/mol. The molecule has 8 heteroatoms. The molecular formula is C48H90NO7+. The fourth-order valence-electron chi connectivity index (χ4n) is 6.95. The maximum atomic E-state index is 12.6. The van der Waals surface area contributed by atoms with E-state index >= 15 is 0 Å². The van der Waals surface area contributed by atoms with Gasteiger partial charge in [-0.3, -0.25) is 9.59 Å². The highest BCUT2D eigenvalue weighted by Gasteiger charge is 2.31. The third-order valence-corrected chi connectivity index (χ3v) is 10.6. The van der Waals surface area contributed by atoms with Crippen LogP contribution in [0, 0.1) is 0 Å². The number of aliphatic carboxylic acids is 1. The highest BCUT2D eigenvalue weighted by molar-refractivity contribution is 5.72. The number of carbonyl (C=O) groups excluding carboxylic acids is 2. The minimum absolute atomic E-state index is 0.0515. The van der Waals surface area contributed by atoms with E-state index in [9.17, 15) is 19.5 Å². The number of ether oxygens (including phenoxy) is 3. The first-order valence-electron chi connectivity index (χ1n) is 23.4. The Morgan fingerprint density at radius 1 is 0.536 bits per heavy atom. The molecule has 2 unspecified atom stereocenters. The van der Waals surface area contributed by atoms with Crippen molar-refractivity contribution in [1.29, 1.82) is 0 Å². The maximum absolute atomic E-state index is 12.6. The molecule has 2 atom stereocenters. The van der Waals surface area contributed by atoms with Crippen molar-refractivity contribution in [2.75, 3.05) is 41.0 Å². The third kappa shape index (κ3) is 37.4. The van der Waals surface area contributed by atoms with Gasteiger partial charge in [0.25, 0.3) is 0 Å². The lowest BCUT2D eigenvalue weighted by atomic mass is 10.1. The summed E-state index contributed by atoms with van der Waals surface area (Å²) >= 11 is 0. The van der Waals surface area contributed by atoms with Crippen molar-refractivity contribution < 1.29 is 38.2 Å². The highest BCUT2D eigenvalue weighted by atomic mass is 16.6. The van der Waals surface area contributed by atoms with Crippen LogP contribution in [0.2, 0.25) is 0 Å². The Morgan fingerprint density at radius 2 is 0.946 bits per heavy atom. The zero-order chi connectivity index (χ0) is 41.4. The molecule has 0 aromatic rings. The number of hydrogen-bond acceptors (Lipinski definition) is 6. The number of nitrogens with zero attached hydrogens (tertiary/aromatic N) is 1. The van der Waals surface area contributed by atoms with E-state index < -0.39 is 18.1 Å². The van der Waals surface area contributed by atoms with E-state index in [1.807, 2.05) is 21.1 Å². The van der Waals surface area contributed by atoms with Crippen LogP contribution in [-0.2, 0) is 28.6 Å². The zero-order valence-electron chi connectivity index (χ0n) is 37.3. The summed E-state index contributed by atoms with van der Waals surface area (Å²) in [7, 11) is 5.52. The fraction of sp³-hybridized carbons (Fsp3) is 0.854. The highest BCUT2D eigenvalue weighted by Crippen LogP contribution is 2.15. The van der Waals surface area contributed by atoms with Gasteiger partial charge in [0, 0.05) is 19.3 Å². The number of likely N-dealkylation sites (N-methyl/N-ethyl adjacent to an activating group) is 1. The second-order valence-electron chi connectivity index (χ2n) is 17.0. The monoisotopic (exact) mass is 793 g/mol. The number of unbranched alkanes of at least 4 members (excludes halogenated alkanes) is 24. The molecule has 56 heavy (non-hydrogen) atoms. The minimum Gasteiger partial charge on any atom is -0.477 e. The van der Waals surface area contributed by atoms with Gasteiger partial charge in [0.2, 0.25) is 0 Å². The second-order valence-corrected chi connectivity index (χ2v) is 17.0. The van der Waals surface area contributed by atoms with Crippen LogP contribution in [0.5, 0.6) is 0 Å². The molecule has 1 N–H and O–H groups in total. The second kappa shape index (κ2) is 39.6. The summed E-state index contributed by atoms with van der Waals surface area (Å²) in [5.41, 5.74) is 0.